The molecule has 0 atom stereocenters. The molecular weight excluding hydrogens is 409 g/mol. The Morgan fingerprint density at radius 3 is 2.54 bits per heavy atom. The number of rotatable bonds is 7. The second-order valence-electron chi connectivity index (χ2n) is 8.52. The van der Waals surface area contributed by atoms with Crippen LogP contribution in [0.2, 0.25) is 31.0 Å². The van der Waals surface area contributed by atoms with Gasteiger partial charge < -0.3 is 14.6 Å². The van der Waals surface area contributed by atoms with Gasteiger partial charge in [-0.25, -0.2) is 4.98 Å². The molecule has 0 amide bonds. The van der Waals surface area contributed by atoms with Crippen LogP contribution in [0.3, 0.4) is 0 Å². The first-order valence-corrected chi connectivity index (χ1v) is 13.6. The van der Waals surface area contributed by atoms with Gasteiger partial charge in [0.15, 0.2) is 0 Å². The summed E-state index contributed by atoms with van der Waals surface area (Å²) < 4.78 is 48.1. The van der Waals surface area contributed by atoms with Gasteiger partial charge in [0, 0.05) is 26.9 Å². The highest BCUT2D eigenvalue weighted by molar-refractivity contribution is 6.76. The van der Waals surface area contributed by atoms with Gasteiger partial charge in [-0.1, -0.05) is 32.5 Å². The smallest absolute Gasteiger partial charge is 0.367 e. The first-order chi connectivity index (χ1) is 13.0. The number of anilines is 1. The van der Waals surface area contributed by atoms with Crippen molar-refractivity contribution in [1.82, 2.24) is 14.5 Å². The zero-order valence-electron chi connectivity index (χ0n) is 16.4. The van der Waals surface area contributed by atoms with Crippen LogP contribution in [0.15, 0.2) is 6.20 Å². The van der Waals surface area contributed by atoms with Gasteiger partial charge in [-0.05, 0) is 30.5 Å². The molecule has 0 spiro atoms. The van der Waals surface area contributed by atoms with E-state index in [1.807, 2.05) is 0 Å². The Morgan fingerprint density at radius 2 is 1.93 bits per heavy atom. The summed E-state index contributed by atoms with van der Waals surface area (Å²) >= 11 is 6.03. The predicted octanol–water partition coefficient (Wildman–Crippen LogP) is 5.77. The fourth-order valence-corrected chi connectivity index (χ4v) is 4.30. The van der Waals surface area contributed by atoms with Crippen LogP contribution in [0, 0.1) is 0 Å². The molecule has 28 heavy (non-hydrogen) atoms. The van der Waals surface area contributed by atoms with Gasteiger partial charge in [0.1, 0.15) is 18.2 Å². The molecule has 0 bridgehead atoms. The van der Waals surface area contributed by atoms with Crippen molar-refractivity contribution in [3.8, 4) is 0 Å². The number of alkyl halides is 3. The maximum atomic E-state index is 13.7. The average molecular weight is 435 g/mol. The summed E-state index contributed by atoms with van der Waals surface area (Å²) in [6, 6.07) is 1.04. The van der Waals surface area contributed by atoms with Crippen molar-refractivity contribution in [3.05, 3.63) is 17.0 Å². The van der Waals surface area contributed by atoms with Crippen molar-refractivity contribution in [2.45, 2.75) is 70.3 Å². The lowest BCUT2D eigenvalue weighted by atomic mass is 10.2. The minimum Gasteiger partial charge on any atom is -0.367 e. The molecule has 3 rings (SSSR count). The molecule has 0 saturated heterocycles. The topological polar surface area (TPSA) is 52.0 Å². The van der Waals surface area contributed by atoms with Crippen LogP contribution >= 0.6 is 11.6 Å². The molecule has 5 nitrogen and oxygen atoms in total. The van der Waals surface area contributed by atoms with Gasteiger partial charge in [0.05, 0.1) is 10.9 Å². The second kappa shape index (κ2) is 8.20. The van der Waals surface area contributed by atoms with Crippen molar-refractivity contribution < 1.29 is 17.9 Å². The molecule has 1 aliphatic carbocycles. The predicted molar refractivity (Wildman–Crippen MR) is 108 cm³/mol. The number of aromatic nitrogens is 3. The third-order valence-electron chi connectivity index (χ3n) is 4.92. The first-order valence-electron chi connectivity index (χ1n) is 9.52. The Labute approximate surface area is 168 Å². The Kier molecular flexibility index (Phi) is 6.26. The number of nitrogens with one attached hydrogen (secondary N) is 1. The van der Waals surface area contributed by atoms with Crippen LogP contribution in [-0.2, 0) is 17.6 Å². The van der Waals surface area contributed by atoms with Crippen molar-refractivity contribution in [2.24, 2.45) is 0 Å². The molecule has 0 unspecified atom stereocenters. The van der Waals surface area contributed by atoms with Crippen LogP contribution in [0.25, 0.3) is 11.0 Å². The fraction of sp³-hybridized carbons (Fsp3) is 0.667. The summed E-state index contributed by atoms with van der Waals surface area (Å²) in [5.74, 6) is 0.148. The number of fused-ring (bicyclic) bond motifs is 1. The molecule has 156 valence electrons. The molecule has 1 N–H and O–H groups in total. The summed E-state index contributed by atoms with van der Waals surface area (Å²) in [6.07, 6.45) is 0.445. The zero-order chi connectivity index (χ0) is 20.5. The second-order valence-corrected chi connectivity index (χ2v) is 14.5. The summed E-state index contributed by atoms with van der Waals surface area (Å²) in [5.41, 5.74) is -0.630. The van der Waals surface area contributed by atoms with Crippen molar-refractivity contribution in [2.75, 3.05) is 11.9 Å². The van der Waals surface area contributed by atoms with Crippen LogP contribution in [0.5, 0.6) is 0 Å². The van der Waals surface area contributed by atoms with Gasteiger partial charge in [0.2, 0.25) is 5.28 Å². The molecule has 1 fully saturated rings. The lowest BCUT2D eigenvalue weighted by Crippen LogP contribution is -2.22. The maximum Gasteiger partial charge on any atom is 0.418 e. The summed E-state index contributed by atoms with van der Waals surface area (Å²) in [5, 5.41) is 3.03. The zero-order valence-corrected chi connectivity index (χ0v) is 18.1. The Morgan fingerprint density at radius 1 is 1.25 bits per heavy atom. The highest BCUT2D eigenvalue weighted by Gasteiger charge is 2.37. The molecule has 0 radical (unpaired) electrons. The van der Waals surface area contributed by atoms with E-state index in [2.05, 4.69) is 34.9 Å². The number of ether oxygens (including phenoxy) is 1. The van der Waals surface area contributed by atoms with Gasteiger partial charge in [-0.15, -0.1) is 0 Å². The summed E-state index contributed by atoms with van der Waals surface area (Å²) in [6.45, 7) is 7.15. The highest BCUT2D eigenvalue weighted by atomic mass is 35.5. The van der Waals surface area contributed by atoms with Crippen molar-refractivity contribution in [1.29, 1.82) is 0 Å². The fourth-order valence-electron chi connectivity index (χ4n) is 3.38. The lowest BCUT2D eigenvalue weighted by molar-refractivity contribution is -0.136. The van der Waals surface area contributed by atoms with Crippen LogP contribution in [0.4, 0.5) is 19.0 Å². The minimum atomic E-state index is -4.52. The molecular formula is C18H26ClF3N4OSi. The van der Waals surface area contributed by atoms with Gasteiger partial charge in [-0.3, -0.25) is 0 Å². The molecule has 10 heteroatoms. The van der Waals surface area contributed by atoms with E-state index in [0.29, 0.717) is 6.61 Å². The number of halogens is 4. The number of nitrogens with zero attached hydrogens (tertiary/aromatic N) is 3. The normalized spacial score (nSPS) is 16.2. The Hall–Kier alpha value is -1.32. The third kappa shape index (κ3) is 5.18. The molecule has 0 aliphatic heterocycles. The molecule has 2 heterocycles. The van der Waals surface area contributed by atoms with E-state index in [-0.39, 0.29) is 34.9 Å². The van der Waals surface area contributed by atoms with Crippen LogP contribution in [0.1, 0.15) is 31.2 Å². The average Bonchev–Trinajstić information content (AvgIpc) is 3.18. The minimum absolute atomic E-state index is 0.00668. The number of hydrogen-bond acceptors (Lipinski definition) is 4. The van der Waals surface area contributed by atoms with E-state index >= 15 is 0 Å². The van der Waals surface area contributed by atoms with Crippen molar-refractivity contribution >= 4 is 36.5 Å². The molecule has 0 aromatic carbocycles. The van der Waals surface area contributed by atoms with Gasteiger partial charge in [0.25, 0.3) is 0 Å². The van der Waals surface area contributed by atoms with E-state index in [0.717, 1.165) is 37.9 Å². The monoisotopic (exact) mass is 434 g/mol. The van der Waals surface area contributed by atoms with Crippen molar-refractivity contribution in [3.63, 3.8) is 0 Å². The molecule has 2 aromatic heterocycles. The van der Waals surface area contributed by atoms with Crippen LogP contribution < -0.4 is 5.32 Å². The van der Waals surface area contributed by atoms with E-state index < -0.39 is 19.8 Å². The quantitative estimate of drug-likeness (QED) is 0.341. The van der Waals surface area contributed by atoms with Crippen LogP contribution in [-0.4, -0.2) is 35.3 Å². The van der Waals surface area contributed by atoms with Gasteiger partial charge >= 0.3 is 6.18 Å². The van der Waals surface area contributed by atoms with E-state index in [1.54, 1.807) is 0 Å². The van der Waals surface area contributed by atoms with E-state index in [9.17, 15) is 13.2 Å². The highest BCUT2D eigenvalue weighted by Crippen LogP contribution is 2.39. The SMILES string of the molecule is C[Si](C)(C)CCOCn1cc(C(F)(F)F)c2c(NC3CCCC3)nc(Cl)nc21. The largest absolute Gasteiger partial charge is 0.418 e. The Bertz CT molecular complexity index is 829. The standard InChI is InChI=1S/C18H26ClF3N4OSi/c1-28(2,3)9-8-27-11-26-10-13(18(20,21)22)14-15(23-12-6-4-5-7-12)24-17(19)25-16(14)26/h10,12H,4-9,11H2,1-3H3,(H,23,24,25). The maximum absolute atomic E-state index is 13.7. The van der Waals surface area contributed by atoms with E-state index in [1.165, 1.54) is 4.57 Å². The molecule has 2 aromatic rings. The van der Waals surface area contributed by atoms with E-state index in [4.69, 9.17) is 16.3 Å². The lowest BCUT2D eigenvalue weighted by Gasteiger charge is -2.16. The number of hydrogen-bond donors (Lipinski definition) is 1. The third-order valence-corrected chi connectivity index (χ3v) is 6.79. The van der Waals surface area contributed by atoms with Gasteiger partial charge in [-0.2, -0.15) is 18.2 Å². The Balaban J connectivity index is 1.94. The molecule has 1 aliphatic rings. The first kappa shape index (κ1) is 21.4. The summed E-state index contributed by atoms with van der Waals surface area (Å²) in [7, 11) is -1.28. The summed E-state index contributed by atoms with van der Waals surface area (Å²) in [4.78, 5) is 8.15. The molecule has 1 saturated carbocycles.